The van der Waals surface area contributed by atoms with Crippen LogP contribution in [-0.2, 0) is 9.53 Å². The van der Waals surface area contributed by atoms with Crippen LogP contribution >= 0.6 is 0 Å². The number of benzene rings is 1. The Morgan fingerprint density at radius 3 is 2.58 bits per heavy atom. The van der Waals surface area contributed by atoms with E-state index in [1.165, 1.54) is 37.7 Å². The van der Waals surface area contributed by atoms with Gasteiger partial charge in [0.15, 0.2) is 5.78 Å². The number of ketones is 1. The number of hydrogen-bond donors (Lipinski definition) is 1. The molecule has 0 spiro atoms. The maximum Gasteiger partial charge on any atom is 0.338 e. The molecule has 4 heteroatoms. The largest absolute Gasteiger partial charge is 0.462 e. The third-order valence-electron chi connectivity index (χ3n) is 10.4. The zero-order valence-corrected chi connectivity index (χ0v) is 20.4. The molecule has 2 N–H and O–H groups in total. The van der Waals surface area contributed by atoms with Gasteiger partial charge in [-0.15, -0.1) is 0 Å². The van der Waals surface area contributed by atoms with Crippen LogP contribution in [0.15, 0.2) is 41.6 Å². The van der Waals surface area contributed by atoms with E-state index >= 15 is 0 Å². The number of esters is 1. The van der Waals surface area contributed by atoms with E-state index in [4.69, 9.17) is 10.5 Å². The second-order valence-electron chi connectivity index (χ2n) is 11.8. The molecule has 0 heterocycles. The normalized spacial score (nSPS) is 38.8. The summed E-state index contributed by atoms with van der Waals surface area (Å²) < 4.78 is 5.75. The van der Waals surface area contributed by atoms with Crippen LogP contribution in [0.2, 0.25) is 0 Å². The van der Waals surface area contributed by atoms with Crippen LogP contribution in [0.4, 0.5) is 0 Å². The number of ether oxygens (including phenoxy) is 1. The molecule has 0 radical (unpaired) electrons. The van der Waals surface area contributed by atoms with Crippen molar-refractivity contribution in [2.45, 2.75) is 72.1 Å². The number of allylic oxidation sites excluding steroid dienone is 1. The van der Waals surface area contributed by atoms with Crippen molar-refractivity contribution in [1.82, 2.24) is 0 Å². The number of Topliss-reactive ketones (excluding diaryl/α,β-unsaturated/α-hetero) is 1. The SMILES string of the molecule is C[C@H](COC(=O)c1ccccc1)[C@H]1CC[C@H]2[C@@H]3CCC4=C(N)C(=O)CC[C@]4(C)[C@H]3CC[C@]12C. The lowest BCUT2D eigenvalue weighted by Gasteiger charge is -2.58. The van der Waals surface area contributed by atoms with E-state index in [1.807, 2.05) is 30.3 Å². The van der Waals surface area contributed by atoms with Crippen LogP contribution in [-0.4, -0.2) is 18.4 Å². The van der Waals surface area contributed by atoms with E-state index in [9.17, 15) is 9.59 Å². The predicted octanol–water partition coefficient (Wildman–Crippen LogP) is 5.91. The molecule has 4 aliphatic rings. The fourth-order valence-corrected chi connectivity index (χ4v) is 8.71. The zero-order valence-electron chi connectivity index (χ0n) is 20.4. The van der Waals surface area contributed by atoms with E-state index in [1.54, 1.807) is 0 Å². The quantitative estimate of drug-likeness (QED) is 0.580. The summed E-state index contributed by atoms with van der Waals surface area (Å²) in [6, 6.07) is 9.31. The van der Waals surface area contributed by atoms with Crippen LogP contribution in [0.5, 0.6) is 0 Å². The van der Waals surface area contributed by atoms with Gasteiger partial charge in [0.25, 0.3) is 0 Å². The molecule has 1 aromatic carbocycles. The summed E-state index contributed by atoms with van der Waals surface area (Å²) in [6.07, 6.45) is 8.73. The molecule has 3 fully saturated rings. The maximum absolute atomic E-state index is 12.5. The Hall–Kier alpha value is -2.10. The predicted molar refractivity (Wildman–Crippen MR) is 129 cm³/mol. The molecule has 0 bridgehead atoms. The summed E-state index contributed by atoms with van der Waals surface area (Å²) in [5.74, 6) is 3.01. The van der Waals surface area contributed by atoms with Gasteiger partial charge in [-0.25, -0.2) is 4.79 Å². The minimum absolute atomic E-state index is 0.108. The molecule has 5 rings (SSSR count). The van der Waals surface area contributed by atoms with E-state index in [2.05, 4.69) is 20.8 Å². The standard InChI is InChI=1S/C29H39NO3/c1-18(17-33-27(32)19-7-5-4-6-8-19)21-11-12-22-20-9-10-24-26(30)25(31)14-16-29(24,3)23(20)13-15-28(21,22)2/h4-8,18,20-23H,9-17,30H2,1-3H3/t18-,20+,21-,22+,23+,28-,29-/m1/s1. The molecular formula is C29H39NO3. The Morgan fingerprint density at radius 2 is 1.82 bits per heavy atom. The lowest BCUT2D eigenvalue weighted by Crippen LogP contribution is -2.52. The van der Waals surface area contributed by atoms with Crippen molar-refractivity contribution in [2.75, 3.05) is 6.61 Å². The van der Waals surface area contributed by atoms with Gasteiger partial charge in [0.1, 0.15) is 0 Å². The van der Waals surface area contributed by atoms with Crippen molar-refractivity contribution in [2.24, 2.45) is 46.2 Å². The minimum Gasteiger partial charge on any atom is -0.462 e. The van der Waals surface area contributed by atoms with Crippen LogP contribution in [0.1, 0.15) is 82.5 Å². The smallest absolute Gasteiger partial charge is 0.338 e. The Morgan fingerprint density at radius 1 is 1.06 bits per heavy atom. The van der Waals surface area contributed by atoms with E-state index < -0.39 is 0 Å². The van der Waals surface area contributed by atoms with Gasteiger partial charge >= 0.3 is 5.97 Å². The van der Waals surface area contributed by atoms with Crippen molar-refractivity contribution >= 4 is 11.8 Å². The Kier molecular flexibility index (Phi) is 5.69. The summed E-state index contributed by atoms with van der Waals surface area (Å²) in [4.78, 5) is 24.8. The average Bonchev–Trinajstić information content (AvgIpc) is 3.18. The van der Waals surface area contributed by atoms with Gasteiger partial charge in [-0.1, -0.05) is 39.0 Å². The van der Waals surface area contributed by atoms with Gasteiger partial charge in [0.05, 0.1) is 17.9 Å². The molecule has 3 saturated carbocycles. The van der Waals surface area contributed by atoms with E-state index in [-0.39, 0.29) is 17.2 Å². The van der Waals surface area contributed by atoms with E-state index in [0.717, 1.165) is 24.7 Å². The highest BCUT2D eigenvalue weighted by Gasteiger charge is 2.60. The molecule has 33 heavy (non-hydrogen) atoms. The molecule has 4 nitrogen and oxygen atoms in total. The van der Waals surface area contributed by atoms with Gasteiger partial charge in [-0.05, 0) is 103 Å². The molecule has 0 amide bonds. The zero-order chi connectivity index (χ0) is 23.4. The number of carbonyl (C=O) groups excluding carboxylic acids is 2. The second kappa shape index (κ2) is 8.29. The number of nitrogens with two attached hydrogens (primary N) is 1. The van der Waals surface area contributed by atoms with Crippen LogP contribution < -0.4 is 5.73 Å². The van der Waals surface area contributed by atoms with Gasteiger partial charge < -0.3 is 10.5 Å². The summed E-state index contributed by atoms with van der Waals surface area (Å²) in [6.45, 7) is 7.70. The van der Waals surface area contributed by atoms with Crippen LogP contribution in [0.3, 0.4) is 0 Å². The highest BCUT2D eigenvalue weighted by molar-refractivity contribution is 5.96. The Bertz CT molecular complexity index is 968. The second-order valence-corrected chi connectivity index (χ2v) is 11.8. The highest BCUT2D eigenvalue weighted by atomic mass is 16.5. The maximum atomic E-state index is 12.5. The molecular weight excluding hydrogens is 410 g/mol. The summed E-state index contributed by atoms with van der Waals surface area (Å²) in [5.41, 5.74) is 9.24. The van der Waals surface area contributed by atoms with Crippen molar-refractivity contribution in [1.29, 1.82) is 0 Å². The third-order valence-corrected chi connectivity index (χ3v) is 10.4. The van der Waals surface area contributed by atoms with Crippen molar-refractivity contribution in [3.05, 3.63) is 47.2 Å². The molecule has 7 atom stereocenters. The molecule has 1 aromatic rings. The molecule has 0 aromatic heterocycles. The molecule has 178 valence electrons. The Balaban J connectivity index is 1.30. The minimum atomic E-state index is -0.213. The summed E-state index contributed by atoms with van der Waals surface area (Å²) in [5, 5.41) is 0. The van der Waals surface area contributed by atoms with Crippen molar-refractivity contribution in [3.63, 3.8) is 0 Å². The molecule has 0 aliphatic heterocycles. The Labute approximate surface area is 198 Å². The van der Waals surface area contributed by atoms with Crippen LogP contribution in [0, 0.1) is 40.4 Å². The van der Waals surface area contributed by atoms with Gasteiger partial charge in [-0.2, -0.15) is 0 Å². The van der Waals surface area contributed by atoms with E-state index in [0.29, 0.717) is 47.5 Å². The number of carbonyl (C=O) groups is 2. The number of fused-ring (bicyclic) bond motifs is 5. The summed E-state index contributed by atoms with van der Waals surface area (Å²) in [7, 11) is 0. The molecule has 0 unspecified atom stereocenters. The fraction of sp³-hybridized carbons (Fsp3) is 0.655. The topological polar surface area (TPSA) is 69.4 Å². The number of hydrogen-bond acceptors (Lipinski definition) is 4. The first-order valence-corrected chi connectivity index (χ1v) is 13.0. The fourth-order valence-electron chi connectivity index (χ4n) is 8.71. The monoisotopic (exact) mass is 449 g/mol. The van der Waals surface area contributed by atoms with Gasteiger partial charge in [-0.3, -0.25) is 4.79 Å². The summed E-state index contributed by atoms with van der Waals surface area (Å²) >= 11 is 0. The van der Waals surface area contributed by atoms with Crippen molar-refractivity contribution < 1.29 is 14.3 Å². The van der Waals surface area contributed by atoms with Crippen LogP contribution in [0.25, 0.3) is 0 Å². The molecule has 0 saturated heterocycles. The first kappa shape index (κ1) is 22.7. The average molecular weight is 450 g/mol. The van der Waals surface area contributed by atoms with Gasteiger partial charge in [0, 0.05) is 6.42 Å². The van der Waals surface area contributed by atoms with Gasteiger partial charge in [0.2, 0.25) is 0 Å². The first-order valence-electron chi connectivity index (χ1n) is 13.0. The highest BCUT2D eigenvalue weighted by Crippen LogP contribution is 2.67. The third kappa shape index (κ3) is 3.56. The first-order chi connectivity index (χ1) is 15.8. The molecule has 4 aliphatic carbocycles. The lowest BCUT2D eigenvalue weighted by molar-refractivity contribution is -0.119. The lowest BCUT2D eigenvalue weighted by atomic mass is 9.46. The number of rotatable bonds is 4. The van der Waals surface area contributed by atoms with Crippen molar-refractivity contribution in [3.8, 4) is 0 Å².